The van der Waals surface area contributed by atoms with Crippen molar-refractivity contribution in [3.63, 3.8) is 0 Å². The van der Waals surface area contributed by atoms with E-state index in [2.05, 4.69) is 32.4 Å². The Kier molecular flexibility index (Phi) is 3.11. The second-order valence-electron chi connectivity index (χ2n) is 4.47. The molecule has 1 fully saturated rings. The predicted octanol–water partition coefficient (Wildman–Crippen LogP) is 1.08. The molecule has 2 aromatic rings. The normalized spacial score (nSPS) is 21.3. The van der Waals surface area contributed by atoms with Crippen molar-refractivity contribution < 1.29 is 4.52 Å². The van der Waals surface area contributed by atoms with Gasteiger partial charge in [0.1, 0.15) is 6.04 Å². The van der Waals surface area contributed by atoms with Gasteiger partial charge in [0.05, 0.1) is 9.88 Å². The second kappa shape index (κ2) is 4.75. The number of aromatic nitrogens is 3. The molecule has 1 aliphatic rings. The van der Waals surface area contributed by atoms with Gasteiger partial charge in [-0.3, -0.25) is 0 Å². The molecule has 1 N–H and O–H groups in total. The fraction of sp³-hybridized carbons (Fsp3) is 0.545. The molecule has 1 saturated heterocycles. The van der Waals surface area contributed by atoms with Gasteiger partial charge < -0.3 is 14.7 Å². The van der Waals surface area contributed by atoms with Crippen LogP contribution in [0.3, 0.4) is 0 Å². The number of nitrogens with zero attached hydrogens (tertiary/aromatic N) is 4. The van der Waals surface area contributed by atoms with Crippen LogP contribution >= 0.6 is 11.3 Å². The third kappa shape index (κ3) is 2.29. The zero-order valence-electron chi connectivity index (χ0n) is 10.4. The summed E-state index contributed by atoms with van der Waals surface area (Å²) in [5.41, 5.74) is 0. The van der Waals surface area contributed by atoms with Gasteiger partial charge in [0, 0.05) is 25.8 Å². The molecule has 0 aliphatic carbocycles. The van der Waals surface area contributed by atoms with E-state index in [1.54, 1.807) is 17.5 Å². The van der Waals surface area contributed by atoms with Gasteiger partial charge in [-0.05, 0) is 14.0 Å². The molecular formula is C11H15N5OS. The predicted molar refractivity (Wildman–Crippen MR) is 68.4 cm³/mol. The molecule has 1 atom stereocenters. The summed E-state index contributed by atoms with van der Waals surface area (Å²) in [5.74, 6) is 1.29. The second-order valence-corrected chi connectivity index (χ2v) is 5.70. The molecule has 96 valence electrons. The van der Waals surface area contributed by atoms with Crippen LogP contribution in [0, 0.1) is 6.92 Å². The van der Waals surface area contributed by atoms with Gasteiger partial charge in [0.15, 0.2) is 0 Å². The lowest BCUT2D eigenvalue weighted by Gasteiger charge is -2.28. The smallest absolute Gasteiger partial charge is 0.245 e. The number of aryl methyl sites for hydroxylation is 1. The van der Waals surface area contributed by atoms with Crippen LogP contribution in [-0.4, -0.2) is 46.7 Å². The van der Waals surface area contributed by atoms with Crippen molar-refractivity contribution in [3.8, 4) is 10.7 Å². The molecule has 0 amide bonds. The maximum Gasteiger partial charge on any atom is 0.245 e. The maximum absolute atomic E-state index is 5.34. The summed E-state index contributed by atoms with van der Waals surface area (Å²) in [6.45, 7) is 4.85. The summed E-state index contributed by atoms with van der Waals surface area (Å²) in [7, 11) is 2.09. The summed E-state index contributed by atoms with van der Waals surface area (Å²) in [5, 5.41) is 8.42. The summed E-state index contributed by atoms with van der Waals surface area (Å²) in [6, 6.07) is 0.124. The minimum atomic E-state index is 0.124. The standard InChI is InChI=1S/C11H15N5OS/c1-7-13-5-9(18-7)10-14-11(17-15-10)8-6-16(2)4-3-12-8/h5,8,12H,3-4,6H2,1-2H3. The van der Waals surface area contributed by atoms with Crippen LogP contribution in [0.15, 0.2) is 10.7 Å². The SMILES string of the molecule is Cc1ncc(-c2noc(C3CN(C)CCN3)n2)s1. The molecule has 0 radical (unpaired) electrons. The van der Waals surface area contributed by atoms with Gasteiger partial charge in [0.2, 0.25) is 11.7 Å². The molecular weight excluding hydrogens is 250 g/mol. The molecule has 3 heterocycles. The summed E-state index contributed by atoms with van der Waals surface area (Å²) in [4.78, 5) is 11.9. The number of piperazine rings is 1. The van der Waals surface area contributed by atoms with E-state index in [1.807, 2.05) is 6.92 Å². The summed E-state index contributed by atoms with van der Waals surface area (Å²) < 4.78 is 5.34. The number of thiazole rings is 1. The van der Waals surface area contributed by atoms with E-state index in [0.717, 1.165) is 29.5 Å². The molecule has 1 aliphatic heterocycles. The van der Waals surface area contributed by atoms with Gasteiger partial charge in [-0.1, -0.05) is 5.16 Å². The summed E-state index contributed by atoms with van der Waals surface area (Å²) >= 11 is 1.57. The first-order chi connectivity index (χ1) is 8.72. The van der Waals surface area contributed by atoms with Crippen molar-refractivity contribution in [1.29, 1.82) is 0 Å². The van der Waals surface area contributed by atoms with Crippen molar-refractivity contribution in [2.75, 3.05) is 26.7 Å². The van der Waals surface area contributed by atoms with Crippen LogP contribution in [0.1, 0.15) is 16.9 Å². The van der Waals surface area contributed by atoms with Crippen LogP contribution in [0.5, 0.6) is 0 Å². The van der Waals surface area contributed by atoms with Crippen LogP contribution in [-0.2, 0) is 0 Å². The van der Waals surface area contributed by atoms with E-state index in [1.165, 1.54) is 0 Å². The highest BCUT2D eigenvalue weighted by atomic mass is 32.1. The van der Waals surface area contributed by atoms with Gasteiger partial charge in [-0.15, -0.1) is 11.3 Å². The lowest BCUT2D eigenvalue weighted by atomic mass is 10.2. The maximum atomic E-state index is 5.34. The van der Waals surface area contributed by atoms with Crippen LogP contribution in [0.4, 0.5) is 0 Å². The largest absolute Gasteiger partial charge is 0.337 e. The highest BCUT2D eigenvalue weighted by molar-refractivity contribution is 7.14. The third-order valence-electron chi connectivity index (χ3n) is 2.96. The topological polar surface area (TPSA) is 67.1 Å². The molecule has 1 unspecified atom stereocenters. The quantitative estimate of drug-likeness (QED) is 0.876. The molecule has 0 aromatic carbocycles. The first-order valence-electron chi connectivity index (χ1n) is 5.91. The van der Waals surface area contributed by atoms with Crippen LogP contribution in [0.25, 0.3) is 10.7 Å². The Morgan fingerprint density at radius 2 is 2.44 bits per heavy atom. The monoisotopic (exact) mass is 265 g/mol. The van der Waals surface area contributed by atoms with Crippen molar-refractivity contribution in [2.24, 2.45) is 0 Å². The number of nitrogens with one attached hydrogen (secondary N) is 1. The number of likely N-dealkylation sites (N-methyl/N-ethyl adjacent to an activating group) is 1. The molecule has 7 heteroatoms. The van der Waals surface area contributed by atoms with Gasteiger partial charge in [0.25, 0.3) is 0 Å². The average molecular weight is 265 g/mol. The molecule has 18 heavy (non-hydrogen) atoms. The highest BCUT2D eigenvalue weighted by Gasteiger charge is 2.24. The Hall–Kier alpha value is -1.31. The Morgan fingerprint density at radius 3 is 3.17 bits per heavy atom. The van der Waals surface area contributed by atoms with E-state index in [0.29, 0.717) is 11.7 Å². The Labute approximate surface area is 109 Å². The van der Waals surface area contributed by atoms with E-state index < -0.39 is 0 Å². The lowest BCUT2D eigenvalue weighted by Crippen LogP contribution is -2.43. The van der Waals surface area contributed by atoms with Gasteiger partial charge >= 0.3 is 0 Å². The van der Waals surface area contributed by atoms with Crippen molar-refractivity contribution in [2.45, 2.75) is 13.0 Å². The summed E-state index contributed by atoms with van der Waals surface area (Å²) in [6.07, 6.45) is 1.79. The van der Waals surface area contributed by atoms with Crippen LogP contribution in [0.2, 0.25) is 0 Å². The number of hydrogen-bond acceptors (Lipinski definition) is 7. The molecule has 0 saturated carbocycles. The van der Waals surface area contributed by atoms with E-state index in [9.17, 15) is 0 Å². The Morgan fingerprint density at radius 1 is 1.56 bits per heavy atom. The minimum Gasteiger partial charge on any atom is -0.337 e. The number of hydrogen-bond donors (Lipinski definition) is 1. The first-order valence-corrected chi connectivity index (χ1v) is 6.72. The number of rotatable bonds is 2. The Balaban J connectivity index is 1.80. The van der Waals surface area contributed by atoms with Crippen molar-refractivity contribution in [1.82, 2.24) is 25.3 Å². The van der Waals surface area contributed by atoms with Crippen molar-refractivity contribution >= 4 is 11.3 Å². The zero-order valence-corrected chi connectivity index (χ0v) is 11.2. The molecule has 0 spiro atoms. The molecule has 2 aromatic heterocycles. The minimum absolute atomic E-state index is 0.124. The van der Waals surface area contributed by atoms with E-state index in [-0.39, 0.29) is 6.04 Å². The highest BCUT2D eigenvalue weighted by Crippen LogP contribution is 2.24. The molecule has 3 rings (SSSR count). The van der Waals surface area contributed by atoms with E-state index >= 15 is 0 Å². The van der Waals surface area contributed by atoms with Crippen molar-refractivity contribution in [3.05, 3.63) is 17.1 Å². The lowest BCUT2D eigenvalue weighted by molar-refractivity contribution is 0.208. The fourth-order valence-electron chi connectivity index (χ4n) is 2.00. The van der Waals surface area contributed by atoms with Gasteiger partial charge in [-0.25, -0.2) is 4.98 Å². The molecule has 6 nitrogen and oxygen atoms in total. The Bertz CT molecular complexity index is 537. The molecule has 0 bridgehead atoms. The van der Waals surface area contributed by atoms with Crippen LogP contribution < -0.4 is 5.32 Å². The van der Waals surface area contributed by atoms with Gasteiger partial charge in [-0.2, -0.15) is 4.98 Å². The first kappa shape index (κ1) is 11.8. The zero-order chi connectivity index (χ0) is 12.5. The fourth-order valence-corrected chi connectivity index (χ4v) is 2.71. The average Bonchev–Trinajstić information content (AvgIpc) is 2.97. The third-order valence-corrected chi connectivity index (χ3v) is 3.87. The van der Waals surface area contributed by atoms with E-state index in [4.69, 9.17) is 4.52 Å².